The number of halogens is 3. The Balaban J connectivity index is 3.68. The first-order valence-corrected chi connectivity index (χ1v) is 3.48. The molecule has 0 aromatic carbocycles. The molecule has 2 nitrogen and oxygen atoms in total. The van der Waals surface area contributed by atoms with E-state index in [1.807, 2.05) is 0 Å². The molecule has 0 amide bonds. The molecule has 58 valence electrons. The van der Waals surface area contributed by atoms with E-state index in [9.17, 15) is 4.79 Å². The zero-order valence-corrected chi connectivity index (χ0v) is 7.21. The Morgan fingerprint density at radius 1 is 1.60 bits per heavy atom. The second kappa shape index (κ2) is 4.06. The summed E-state index contributed by atoms with van der Waals surface area (Å²) in [7, 11) is 0. The van der Waals surface area contributed by atoms with Crippen LogP contribution < -0.4 is 0 Å². The van der Waals surface area contributed by atoms with Crippen LogP contribution in [0, 0.1) is 0 Å². The van der Waals surface area contributed by atoms with Crippen molar-refractivity contribution in [3.8, 4) is 0 Å². The first-order chi connectivity index (χ1) is 4.45. The highest BCUT2D eigenvalue weighted by Crippen LogP contribution is 2.27. The largest absolute Gasteiger partial charge is 0.414 e. The number of rotatable bonds is 2. The van der Waals surface area contributed by atoms with Crippen LogP contribution in [0.2, 0.25) is 0 Å². The summed E-state index contributed by atoms with van der Waals surface area (Å²) in [5.41, 5.74) is 0. The first kappa shape index (κ1) is 10.1. The van der Waals surface area contributed by atoms with Crippen LogP contribution in [0.5, 0.6) is 0 Å². The minimum atomic E-state index is -1.96. The number of alkyl halides is 3. The third-order valence-electron chi connectivity index (χ3n) is 0.541. The van der Waals surface area contributed by atoms with Gasteiger partial charge in [-0.25, -0.2) is 0 Å². The van der Waals surface area contributed by atoms with E-state index in [1.165, 1.54) is 6.08 Å². The van der Waals surface area contributed by atoms with Crippen molar-refractivity contribution >= 4 is 40.8 Å². The Kier molecular flexibility index (Phi) is 4.09. The van der Waals surface area contributed by atoms with Crippen LogP contribution in [0.25, 0.3) is 0 Å². The van der Waals surface area contributed by atoms with Crippen molar-refractivity contribution in [1.29, 1.82) is 0 Å². The lowest BCUT2D eigenvalue weighted by molar-refractivity contribution is -0.143. The van der Waals surface area contributed by atoms with Gasteiger partial charge in [-0.2, -0.15) is 0 Å². The molecule has 0 aliphatic heterocycles. The minimum absolute atomic E-state index is 0.0356. The third kappa shape index (κ3) is 6.20. The fraction of sp³-hybridized carbons (Fsp3) is 0.400. The number of carbonyl (C=O) groups is 1. The highest BCUT2D eigenvalue weighted by atomic mass is 35.6. The van der Waals surface area contributed by atoms with Gasteiger partial charge in [-0.15, -0.1) is 6.58 Å². The summed E-state index contributed by atoms with van der Waals surface area (Å²) in [5, 5.41) is 0. The van der Waals surface area contributed by atoms with Gasteiger partial charge in [0, 0.05) is 0 Å². The summed E-state index contributed by atoms with van der Waals surface area (Å²) >= 11 is 15.4. The van der Waals surface area contributed by atoms with Gasteiger partial charge in [-0.1, -0.05) is 6.08 Å². The summed E-state index contributed by atoms with van der Waals surface area (Å²) in [6, 6.07) is 0. The Hall–Kier alpha value is 0.0800. The lowest BCUT2D eigenvalue weighted by atomic mass is 10.4. The molecule has 0 N–H and O–H groups in total. The molecule has 0 bridgehead atoms. The molecule has 0 spiro atoms. The smallest absolute Gasteiger partial charge is 0.340 e. The molecule has 0 unspecified atom stereocenters. The second-order valence-electron chi connectivity index (χ2n) is 1.41. The molecule has 10 heavy (non-hydrogen) atoms. The SMILES string of the molecule is C=CCC(=O)OC(Cl)(Cl)Cl. The van der Waals surface area contributed by atoms with E-state index in [-0.39, 0.29) is 6.42 Å². The van der Waals surface area contributed by atoms with Crippen LogP contribution in [0.15, 0.2) is 12.7 Å². The quantitative estimate of drug-likeness (QED) is 0.391. The van der Waals surface area contributed by atoms with Gasteiger partial charge in [0.2, 0.25) is 0 Å². The molecule has 0 aromatic rings. The molecule has 0 aromatic heterocycles. The Morgan fingerprint density at radius 2 is 2.10 bits per heavy atom. The molecule has 0 saturated carbocycles. The normalized spacial score (nSPS) is 10.7. The lowest BCUT2D eigenvalue weighted by Gasteiger charge is -2.10. The zero-order chi connectivity index (χ0) is 8.20. The van der Waals surface area contributed by atoms with E-state index in [4.69, 9.17) is 34.8 Å². The molecule has 5 heteroatoms. The van der Waals surface area contributed by atoms with E-state index in [0.29, 0.717) is 0 Å². The maximum Gasteiger partial charge on any atom is 0.340 e. The molecular weight excluding hydrogens is 198 g/mol. The van der Waals surface area contributed by atoms with E-state index >= 15 is 0 Å². The minimum Gasteiger partial charge on any atom is -0.414 e. The number of esters is 1. The van der Waals surface area contributed by atoms with Crippen molar-refractivity contribution in [2.45, 2.75) is 10.4 Å². The predicted molar refractivity (Wildman–Crippen MR) is 41.2 cm³/mol. The Bertz CT molecular complexity index is 138. The van der Waals surface area contributed by atoms with Gasteiger partial charge in [0.25, 0.3) is 0 Å². The Labute approximate surface area is 73.7 Å². The monoisotopic (exact) mass is 202 g/mol. The molecule has 0 fully saturated rings. The number of hydrogen-bond acceptors (Lipinski definition) is 2. The fourth-order valence-electron chi connectivity index (χ4n) is 0.289. The Morgan fingerprint density at radius 3 is 2.40 bits per heavy atom. The van der Waals surface area contributed by atoms with Crippen LogP contribution in [0.3, 0.4) is 0 Å². The summed E-state index contributed by atoms with van der Waals surface area (Å²) in [6.45, 7) is 3.30. The summed E-state index contributed by atoms with van der Waals surface area (Å²) in [4.78, 5) is 10.5. The van der Waals surface area contributed by atoms with Gasteiger partial charge in [0.05, 0.1) is 6.42 Å². The number of ether oxygens (including phenoxy) is 1. The van der Waals surface area contributed by atoms with E-state index in [2.05, 4.69) is 11.3 Å². The zero-order valence-electron chi connectivity index (χ0n) is 4.94. The van der Waals surface area contributed by atoms with Crippen molar-refractivity contribution < 1.29 is 9.53 Å². The van der Waals surface area contributed by atoms with Crippen molar-refractivity contribution in [3.05, 3.63) is 12.7 Å². The van der Waals surface area contributed by atoms with Gasteiger partial charge < -0.3 is 4.74 Å². The topological polar surface area (TPSA) is 26.3 Å². The number of hydrogen-bond donors (Lipinski definition) is 0. The second-order valence-corrected chi connectivity index (χ2v) is 3.59. The van der Waals surface area contributed by atoms with Crippen molar-refractivity contribution in [2.75, 3.05) is 0 Å². The average molecular weight is 203 g/mol. The van der Waals surface area contributed by atoms with Crippen molar-refractivity contribution in [3.63, 3.8) is 0 Å². The number of carbonyl (C=O) groups excluding carboxylic acids is 1. The highest BCUT2D eigenvalue weighted by molar-refractivity contribution is 6.66. The molecule has 0 aliphatic rings. The summed E-state index contributed by atoms with van der Waals surface area (Å²) < 4.78 is 2.31. The van der Waals surface area contributed by atoms with Crippen LogP contribution in [-0.2, 0) is 9.53 Å². The fourth-order valence-corrected chi connectivity index (χ4v) is 0.547. The molecular formula is C5H5Cl3O2. The van der Waals surface area contributed by atoms with Crippen LogP contribution in [0.1, 0.15) is 6.42 Å². The van der Waals surface area contributed by atoms with Gasteiger partial charge in [0.15, 0.2) is 0 Å². The molecule has 0 rings (SSSR count). The van der Waals surface area contributed by atoms with Crippen molar-refractivity contribution in [1.82, 2.24) is 0 Å². The molecule has 0 atom stereocenters. The van der Waals surface area contributed by atoms with Crippen molar-refractivity contribution in [2.24, 2.45) is 0 Å². The molecule has 0 aliphatic carbocycles. The summed E-state index contributed by atoms with van der Waals surface area (Å²) in [5.74, 6) is -0.616. The van der Waals surface area contributed by atoms with Gasteiger partial charge in [-0.3, -0.25) is 4.79 Å². The van der Waals surface area contributed by atoms with E-state index in [1.54, 1.807) is 0 Å². The summed E-state index contributed by atoms with van der Waals surface area (Å²) in [6.07, 6.45) is 1.40. The highest BCUT2D eigenvalue weighted by Gasteiger charge is 2.23. The predicted octanol–water partition coefficient (Wildman–Crippen LogP) is 2.43. The van der Waals surface area contributed by atoms with Crippen LogP contribution in [0.4, 0.5) is 0 Å². The van der Waals surface area contributed by atoms with Gasteiger partial charge in [-0.05, 0) is 34.8 Å². The van der Waals surface area contributed by atoms with Gasteiger partial charge >= 0.3 is 9.95 Å². The lowest BCUT2D eigenvalue weighted by Crippen LogP contribution is -2.14. The maximum absolute atomic E-state index is 10.5. The van der Waals surface area contributed by atoms with Crippen LogP contribution >= 0.6 is 34.8 Å². The standard InChI is InChI=1S/C5H5Cl3O2/c1-2-3-4(9)10-5(6,7)8/h2H,1,3H2. The molecule has 0 heterocycles. The molecule has 0 radical (unpaired) electrons. The van der Waals surface area contributed by atoms with Crippen LogP contribution in [-0.4, -0.2) is 9.95 Å². The average Bonchev–Trinajstić information content (AvgIpc) is 1.59. The van der Waals surface area contributed by atoms with E-state index in [0.717, 1.165) is 0 Å². The third-order valence-corrected chi connectivity index (χ3v) is 0.772. The first-order valence-electron chi connectivity index (χ1n) is 2.35. The maximum atomic E-state index is 10.5. The van der Waals surface area contributed by atoms with E-state index < -0.39 is 9.95 Å². The molecule has 0 saturated heterocycles. The van der Waals surface area contributed by atoms with Gasteiger partial charge in [0.1, 0.15) is 0 Å².